The fourth-order valence-electron chi connectivity index (χ4n) is 1.98. The first-order valence-electron chi connectivity index (χ1n) is 5.64. The summed E-state index contributed by atoms with van der Waals surface area (Å²) in [5, 5.41) is 12.6. The van der Waals surface area contributed by atoms with Gasteiger partial charge in [0.1, 0.15) is 5.75 Å². The Morgan fingerprint density at radius 2 is 2.12 bits per heavy atom. The van der Waals surface area contributed by atoms with Crippen LogP contribution in [-0.4, -0.2) is 28.2 Å². The second-order valence-electron chi connectivity index (χ2n) is 4.20. The highest BCUT2D eigenvalue weighted by Gasteiger charge is 2.16. The second kappa shape index (κ2) is 5.46. The SMILES string of the molecule is O=S(CC1CCNCC1)c1cccc(O)c1. The lowest BCUT2D eigenvalue weighted by Crippen LogP contribution is -2.30. The molecule has 2 N–H and O–H groups in total. The van der Waals surface area contributed by atoms with Crippen molar-refractivity contribution in [2.24, 2.45) is 5.92 Å². The third-order valence-electron chi connectivity index (χ3n) is 2.93. The number of phenols is 1. The average molecular weight is 239 g/mol. The van der Waals surface area contributed by atoms with Crippen molar-refractivity contribution in [1.29, 1.82) is 0 Å². The first kappa shape index (κ1) is 11.6. The van der Waals surface area contributed by atoms with Gasteiger partial charge in [-0.05, 0) is 50.0 Å². The molecule has 16 heavy (non-hydrogen) atoms. The zero-order valence-electron chi connectivity index (χ0n) is 9.19. The van der Waals surface area contributed by atoms with Gasteiger partial charge in [-0.15, -0.1) is 0 Å². The van der Waals surface area contributed by atoms with Gasteiger partial charge in [0.25, 0.3) is 0 Å². The summed E-state index contributed by atoms with van der Waals surface area (Å²) < 4.78 is 12.0. The summed E-state index contributed by atoms with van der Waals surface area (Å²) in [6, 6.07) is 6.75. The van der Waals surface area contributed by atoms with Gasteiger partial charge < -0.3 is 10.4 Å². The average Bonchev–Trinajstić information content (AvgIpc) is 2.30. The predicted molar refractivity (Wildman–Crippen MR) is 65.0 cm³/mol. The van der Waals surface area contributed by atoms with Crippen LogP contribution < -0.4 is 5.32 Å². The maximum absolute atomic E-state index is 12.0. The summed E-state index contributed by atoms with van der Waals surface area (Å²) in [5.74, 6) is 1.45. The summed E-state index contributed by atoms with van der Waals surface area (Å²) in [6.07, 6.45) is 2.20. The van der Waals surface area contributed by atoms with Crippen LogP contribution in [0.1, 0.15) is 12.8 Å². The van der Waals surface area contributed by atoms with Crippen LogP contribution in [0.5, 0.6) is 5.75 Å². The van der Waals surface area contributed by atoms with Gasteiger partial charge >= 0.3 is 0 Å². The minimum absolute atomic E-state index is 0.191. The van der Waals surface area contributed by atoms with Crippen molar-refractivity contribution < 1.29 is 9.32 Å². The van der Waals surface area contributed by atoms with E-state index in [1.54, 1.807) is 18.2 Å². The Bertz CT molecular complexity index is 375. The molecule has 1 aliphatic rings. The van der Waals surface area contributed by atoms with E-state index in [1.165, 1.54) is 0 Å². The predicted octanol–water partition coefficient (Wildman–Crippen LogP) is 1.50. The van der Waals surface area contributed by atoms with Crippen molar-refractivity contribution in [3.63, 3.8) is 0 Å². The highest BCUT2D eigenvalue weighted by Crippen LogP contribution is 2.19. The van der Waals surface area contributed by atoms with Gasteiger partial charge in [-0.1, -0.05) is 6.07 Å². The largest absolute Gasteiger partial charge is 0.508 e. The standard InChI is InChI=1S/C12H17NO2S/c14-11-2-1-3-12(8-11)16(15)9-10-4-6-13-7-5-10/h1-3,8,10,13-14H,4-7,9H2. The Balaban J connectivity index is 1.97. The van der Waals surface area contributed by atoms with Crippen LogP contribution in [0.4, 0.5) is 0 Å². The van der Waals surface area contributed by atoms with E-state index in [4.69, 9.17) is 0 Å². The number of benzene rings is 1. The molecular weight excluding hydrogens is 222 g/mol. The van der Waals surface area contributed by atoms with Crippen LogP contribution in [0, 0.1) is 5.92 Å². The molecule has 1 aromatic rings. The van der Waals surface area contributed by atoms with Crippen LogP contribution in [0.25, 0.3) is 0 Å². The molecule has 0 radical (unpaired) electrons. The number of hydrogen-bond donors (Lipinski definition) is 2. The van der Waals surface area contributed by atoms with Gasteiger partial charge in [-0.3, -0.25) is 4.21 Å². The van der Waals surface area contributed by atoms with Gasteiger partial charge in [0.15, 0.2) is 0 Å². The molecule has 1 aromatic carbocycles. The Morgan fingerprint density at radius 3 is 2.81 bits per heavy atom. The molecule has 1 heterocycles. The zero-order valence-corrected chi connectivity index (χ0v) is 10.0. The van der Waals surface area contributed by atoms with E-state index in [0.717, 1.165) is 30.8 Å². The fraction of sp³-hybridized carbons (Fsp3) is 0.500. The van der Waals surface area contributed by atoms with Crippen LogP contribution in [0.15, 0.2) is 29.2 Å². The summed E-state index contributed by atoms with van der Waals surface area (Å²) >= 11 is 0. The monoisotopic (exact) mass is 239 g/mol. The number of piperidine rings is 1. The number of rotatable bonds is 3. The second-order valence-corrected chi connectivity index (χ2v) is 5.70. The Kier molecular flexibility index (Phi) is 3.96. The maximum Gasteiger partial charge on any atom is 0.116 e. The summed E-state index contributed by atoms with van der Waals surface area (Å²) in [4.78, 5) is 0.735. The van der Waals surface area contributed by atoms with Gasteiger partial charge in [0.2, 0.25) is 0 Å². The summed E-state index contributed by atoms with van der Waals surface area (Å²) in [7, 11) is -0.979. The van der Waals surface area contributed by atoms with Crippen LogP contribution >= 0.6 is 0 Å². The quantitative estimate of drug-likeness (QED) is 0.840. The fourth-order valence-corrected chi connectivity index (χ4v) is 3.42. The van der Waals surface area contributed by atoms with Crippen LogP contribution in [0.3, 0.4) is 0 Å². The van der Waals surface area contributed by atoms with E-state index in [1.807, 2.05) is 6.07 Å². The minimum Gasteiger partial charge on any atom is -0.508 e. The molecule has 0 saturated carbocycles. The Labute approximate surface area is 98.3 Å². The highest BCUT2D eigenvalue weighted by atomic mass is 32.2. The first-order chi connectivity index (χ1) is 7.75. The van der Waals surface area contributed by atoms with Crippen LogP contribution in [-0.2, 0) is 10.8 Å². The molecule has 4 heteroatoms. The molecule has 3 nitrogen and oxygen atoms in total. The number of aromatic hydroxyl groups is 1. The third-order valence-corrected chi connectivity index (χ3v) is 4.48. The van der Waals surface area contributed by atoms with E-state index in [-0.39, 0.29) is 5.75 Å². The van der Waals surface area contributed by atoms with Crippen molar-refractivity contribution >= 4 is 10.8 Å². The van der Waals surface area contributed by atoms with E-state index in [9.17, 15) is 9.32 Å². The van der Waals surface area contributed by atoms with E-state index in [0.29, 0.717) is 11.7 Å². The lowest BCUT2D eigenvalue weighted by molar-refractivity contribution is 0.405. The molecule has 0 amide bonds. The summed E-state index contributed by atoms with van der Waals surface area (Å²) in [6.45, 7) is 2.06. The lowest BCUT2D eigenvalue weighted by Gasteiger charge is -2.21. The Morgan fingerprint density at radius 1 is 1.38 bits per heavy atom. The molecule has 0 spiro atoms. The van der Waals surface area contributed by atoms with E-state index in [2.05, 4.69) is 5.32 Å². The molecule has 1 unspecified atom stereocenters. The first-order valence-corrected chi connectivity index (χ1v) is 6.96. The molecule has 0 aromatic heterocycles. The van der Waals surface area contributed by atoms with Crippen LogP contribution in [0.2, 0.25) is 0 Å². The van der Waals surface area contributed by atoms with E-state index < -0.39 is 10.8 Å². The van der Waals surface area contributed by atoms with E-state index >= 15 is 0 Å². The molecule has 88 valence electrons. The number of nitrogens with one attached hydrogen (secondary N) is 1. The lowest BCUT2D eigenvalue weighted by atomic mass is 10.0. The normalized spacial score (nSPS) is 19.5. The van der Waals surface area contributed by atoms with Crippen molar-refractivity contribution in [1.82, 2.24) is 5.32 Å². The molecule has 1 saturated heterocycles. The van der Waals surface area contributed by atoms with Crippen molar-refractivity contribution in [2.75, 3.05) is 18.8 Å². The molecule has 2 rings (SSSR count). The molecule has 1 atom stereocenters. The molecule has 1 aliphatic heterocycles. The highest BCUT2D eigenvalue weighted by molar-refractivity contribution is 7.85. The van der Waals surface area contributed by atoms with Gasteiger partial charge in [-0.2, -0.15) is 0 Å². The topological polar surface area (TPSA) is 49.3 Å². The third kappa shape index (κ3) is 3.06. The van der Waals surface area contributed by atoms with Gasteiger partial charge in [-0.25, -0.2) is 0 Å². The molecule has 0 bridgehead atoms. The summed E-state index contributed by atoms with van der Waals surface area (Å²) in [5.41, 5.74) is 0. The maximum atomic E-state index is 12.0. The number of hydrogen-bond acceptors (Lipinski definition) is 3. The minimum atomic E-state index is -0.979. The molecule has 0 aliphatic carbocycles. The molecular formula is C12H17NO2S. The Hall–Kier alpha value is -0.870. The zero-order chi connectivity index (χ0) is 11.4. The number of phenolic OH excluding ortho intramolecular Hbond substituents is 1. The van der Waals surface area contributed by atoms with Crippen molar-refractivity contribution in [2.45, 2.75) is 17.7 Å². The van der Waals surface area contributed by atoms with Crippen molar-refractivity contribution in [3.8, 4) is 5.75 Å². The van der Waals surface area contributed by atoms with Gasteiger partial charge in [0.05, 0.1) is 10.8 Å². The van der Waals surface area contributed by atoms with Crippen molar-refractivity contribution in [3.05, 3.63) is 24.3 Å². The smallest absolute Gasteiger partial charge is 0.116 e. The van der Waals surface area contributed by atoms with Gasteiger partial charge in [0, 0.05) is 10.6 Å². The molecule has 1 fully saturated rings.